The Balaban J connectivity index is 1.41. The van der Waals surface area contributed by atoms with Crippen LogP contribution in [0.4, 0.5) is 4.39 Å². The van der Waals surface area contributed by atoms with E-state index in [9.17, 15) is 14.0 Å². The summed E-state index contributed by atoms with van der Waals surface area (Å²) in [6, 6.07) is 10.8. The zero-order chi connectivity index (χ0) is 25.2. The predicted molar refractivity (Wildman–Crippen MR) is 138 cm³/mol. The molecule has 36 heavy (non-hydrogen) atoms. The van der Waals surface area contributed by atoms with E-state index in [2.05, 4.69) is 0 Å². The van der Waals surface area contributed by atoms with Gasteiger partial charge in [0.05, 0.1) is 12.2 Å². The summed E-state index contributed by atoms with van der Waals surface area (Å²) in [4.78, 5) is 28.8. The molecule has 0 bridgehead atoms. The van der Waals surface area contributed by atoms with E-state index in [1.165, 1.54) is 6.07 Å². The van der Waals surface area contributed by atoms with Crippen LogP contribution in [-0.2, 0) is 17.8 Å². The van der Waals surface area contributed by atoms with E-state index < -0.39 is 0 Å². The highest BCUT2D eigenvalue weighted by molar-refractivity contribution is 6.16. The maximum absolute atomic E-state index is 14.5. The van der Waals surface area contributed by atoms with E-state index in [1.54, 1.807) is 13.2 Å². The predicted octanol–water partition coefficient (Wildman–Crippen LogP) is 4.89. The van der Waals surface area contributed by atoms with Gasteiger partial charge in [-0.2, -0.15) is 0 Å². The first-order valence-corrected chi connectivity index (χ1v) is 12.9. The number of carbonyl (C=O) groups is 2. The Morgan fingerprint density at radius 2 is 1.86 bits per heavy atom. The number of carbonyl (C=O) groups excluding carboxylic acids is 2. The van der Waals surface area contributed by atoms with Crippen molar-refractivity contribution >= 4 is 22.6 Å². The Hall–Kier alpha value is -3.03. The average Bonchev–Trinajstić information content (AvgIpc) is 3.65. The molecule has 2 heterocycles. The molecule has 0 spiro atoms. The number of aromatic nitrogens is 1. The molecule has 2 N–H and O–H groups in total. The van der Waals surface area contributed by atoms with Crippen molar-refractivity contribution in [1.29, 1.82) is 0 Å². The Morgan fingerprint density at radius 1 is 1.08 bits per heavy atom. The van der Waals surface area contributed by atoms with Crippen molar-refractivity contribution in [1.82, 2.24) is 9.47 Å². The second kappa shape index (κ2) is 10.5. The standard InChI is InChI=1S/C29H34FN3O3/c1-36-14-13-33-18-24(28-22(3-2-4-26(28)33)27(34)16-19-5-6-19)29(35)32-11-9-21(10-12-32)23-15-20(17-31)7-8-25(23)30/h2-4,7-8,15,18-19,21H,5-6,9-14,16-17,31H2,1H3. The summed E-state index contributed by atoms with van der Waals surface area (Å²) in [5.74, 6) is 0.351. The summed E-state index contributed by atoms with van der Waals surface area (Å²) >= 11 is 0. The number of piperidine rings is 1. The molecule has 1 amide bonds. The van der Waals surface area contributed by atoms with Gasteiger partial charge in [-0.15, -0.1) is 0 Å². The Kier molecular flexibility index (Phi) is 7.21. The largest absolute Gasteiger partial charge is 0.383 e. The lowest BCUT2D eigenvalue weighted by molar-refractivity contribution is 0.0714. The van der Waals surface area contributed by atoms with Crippen LogP contribution in [0, 0.1) is 11.7 Å². The molecule has 1 saturated carbocycles. The van der Waals surface area contributed by atoms with Gasteiger partial charge in [-0.3, -0.25) is 9.59 Å². The normalized spacial score (nSPS) is 16.6. The van der Waals surface area contributed by atoms with Gasteiger partial charge in [-0.05, 0) is 60.8 Å². The zero-order valence-electron chi connectivity index (χ0n) is 20.8. The number of amides is 1. The first-order valence-electron chi connectivity index (χ1n) is 12.9. The second-order valence-electron chi connectivity index (χ2n) is 10.1. The molecule has 1 aliphatic heterocycles. The van der Waals surface area contributed by atoms with Crippen molar-refractivity contribution < 1.29 is 18.7 Å². The minimum absolute atomic E-state index is 0.0549. The molecule has 2 aliphatic rings. The van der Waals surface area contributed by atoms with Crippen LogP contribution in [0.3, 0.4) is 0 Å². The number of rotatable bonds is 9. The molecule has 0 atom stereocenters. The molecule has 6 nitrogen and oxygen atoms in total. The Bertz CT molecular complexity index is 1270. The van der Waals surface area contributed by atoms with Crippen LogP contribution in [0.5, 0.6) is 0 Å². The van der Waals surface area contributed by atoms with Gasteiger partial charge in [0.15, 0.2) is 5.78 Å². The van der Waals surface area contributed by atoms with Crippen LogP contribution < -0.4 is 5.73 Å². The summed E-state index contributed by atoms with van der Waals surface area (Å²) in [7, 11) is 1.65. The lowest BCUT2D eigenvalue weighted by Gasteiger charge is -2.32. The molecule has 5 rings (SSSR count). The summed E-state index contributed by atoms with van der Waals surface area (Å²) in [6.07, 6.45) is 5.99. The van der Waals surface area contributed by atoms with Gasteiger partial charge in [-0.1, -0.05) is 24.3 Å². The average molecular weight is 492 g/mol. The fraction of sp³-hybridized carbons (Fsp3) is 0.448. The van der Waals surface area contributed by atoms with E-state index in [4.69, 9.17) is 10.5 Å². The van der Waals surface area contributed by atoms with E-state index in [-0.39, 0.29) is 23.4 Å². The molecule has 2 fully saturated rings. The minimum atomic E-state index is -0.211. The van der Waals surface area contributed by atoms with Crippen molar-refractivity contribution in [2.24, 2.45) is 11.7 Å². The number of halogens is 1. The van der Waals surface area contributed by atoms with Gasteiger partial charge >= 0.3 is 0 Å². The summed E-state index contributed by atoms with van der Waals surface area (Å²) in [5.41, 5.74) is 9.44. The number of fused-ring (bicyclic) bond motifs is 1. The lowest BCUT2D eigenvalue weighted by Crippen LogP contribution is -2.38. The van der Waals surface area contributed by atoms with E-state index in [1.807, 2.05) is 39.9 Å². The zero-order valence-corrected chi connectivity index (χ0v) is 20.8. The molecule has 0 radical (unpaired) electrons. The summed E-state index contributed by atoms with van der Waals surface area (Å²) < 4.78 is 21.8. The van der Waals surface area contributed by atoms with Gasteiger partial charge in [0.1, 0.15) is 5.82 Å². The highest BCUT2D eigenvalue weighted by Gasteiger charge is 2.31. The van der Waals surface area contributed by atoms with Gasteiger partial charge in [0, 0.05) is 62.4 Å². The molecular formula is C29H34FN3O3. The summed E-state index contributed by atoms with van der Waals surface area (Å²) in [5, 5.41) is 0.744. The second-order valence-corrected chi connectivity index (χ2v) is 10.1. The Morgan fingerprint density at radius 3 is 2.56 bits per heavy atom. The van der Waals surface area contributed by atoms with Crippen LogP contribution in [0.2, 0.25) is 0 Å². The molecule has 3 aromatic rings. The summed E-state index contributed by atoms with van der Waals surface area (Å²) in [6.45, 7) is 2.56. The highest BCUT2D eigenvalue weighted by Crippen LogP contribution is 2.36. The van der Waals surface area contributed by atoms with Crippen LogP contribution in [0.1, 0.15) is 69.9 Å². The van der Waals surface area contributed by atoms with Crippen molar-refractivity contribution in [3.63, 3.8) is 0 Å². The molecule has 1 saturated heterocycles. The number of nitrogens with zero attached hydrogens (tertiary/aromatic N) is 2. The van der Waals surface area contributed by atoms with E-state index in [0.717, 1.165) is 29.3 Å². The maximum atomic E-state index is 14.5. The van der Waals surface area contributed by atoms with Crippen molar-refractivity contribution in [3.05, 3.63) is 70.7 Å². The number of ether oxygens (including phenoxy) is 1. The number of hydrogen-bond donors (Lipinski definition) is 1. The topological polar surface area (TPSA) is 77.6 Å². The van der Waals surface area contributed by atoms with Gasteiger partial charge in [-0.25, -0.2) is 4.39 Å². The van der Waals surface area contributed by atoms with Gasteiger partial charge in [0.2, 0.25) is 0 Å². The van der Waals surface area contributed by atoms with Gasteiger partial charge in [0.25, 0.3) is 5.91 Å². The number of benzene rings is 2. The third-order valence-corrected chi connectivity index (χ3v) is 7.66. The van der Waals surface area contributed by atoms with Crippen molar-refractivity contribution in [2.45, 2.75) is 51.1 Å². The number of methoxy groups -OCH3 is 1. The fourth-order valence-corrected chi connectivity index (χ4v) is 5.41. The molecule has 7 heteroatoms. The first-order chi connectivity index (χ1) is 17.5. The maximum Gasteiger partial charge on any atom is 0.256 e. The van der Waals surface area contributed by atoms with E-state index in [0.29, 0.717) is 74.7 Å². The van der Waals surface area contributed by atoms with Crippen molar-refractivity contribution in [3.8, 4) is 0 Å². The number of ketones is 1. The SMILES string of the molecule is COCCn1cc(C(=O)N2CCC(c3cc(CN)ccc3F)CC2)c2c(C(=O)CC3CC3)cccc21. The van der Waals surface area contributed by atoms with E-state index >= 15 is 0 Å². The van der Waals surface area contributed by atoms with Crippen LogP contribution in [0.15, 0.2) is 42.6 Å². The molecule has 190 valence electrons. The van der Waals surface area contributed by atoms with Crippen LogP contribution >= 0.6 is 0 Å². The highest BCUT2D eigenvalue weighted by atomic mass is 19.1. The Labute approximate surface area is 211 Å². The molecule has 1 aromatic heterocycles. The first kappa shape index (κ1) is 24.7. The number of nitrogens with two attached hydrogens (primary N) is 1. The number of Topliss-reactive ketones (excluding diaryl/α,β-unsaturated/α-hetero) is 1. The van der Waals surface area contributed by atoms with Crippen LogP contribution in [0.25, 0.3) is 10.9 Å². The van der Waals surface area contributed by atoms with Crippen molar-refractivity contribution in [2.75, 3.05) is 26.8 Å². The minimum Gasteiger partial charge on any atom is -0.383 e. The number of hydrogen-bond acceptors (Lipinski definition) is 4. The third-order valence-electron chi connectivity index (χ3n) is 7.66. The molecule has 1 aliphatic carbocycles. The molecular weight excluding hydrogens is 457 g/mol. The fourth-order valence-electron chi connectivity index (χ4n) is 5.41. The smallest absolute Gasteiger partial charge is 0.256 e. The van der Waals surface area contributed by atoms with Gasteiger partial charge < -0.3 is 19.9 Å². The monoisotopic (exact) mass is 491 g/mol. The third kappa shape index (κ3) is 4.95. The lowest BCUT2D eigenvalue weighted by atomic mass is 9.88. The van der Waals surface area contributed by atoms with Crippen LogP contribution in [-0.4, -0.2) is 48.0 Å². The molecule has 0 unspecified atom stereocenters. The number of likely N-dealkylation sites (tertiary alicyclic amines) is 1. The quantitative estimate of drug-likeness (QED) is 0.433. The molecule has 2 aromatic carbocycles.